The van der Waals surface area contributed by atoms with Crippen molar-refractivity contribution >= 4 is 28.9 Å². The minimum atomic E-state index is 0.0443. The fourth-order valence-electron chi connectivity index (χ4n) is 4.83. The molecular weight excluding hydrogens is 404 g/mol. The molecule has 3 aromatic carbocycles. The Labute approximate surface area is 188 Å². The molecule has 4 heteroatoms. The van der Waals surface area contributed by atoms with Gasteiger partial charge in [0.2, 0.25) is 5.91 Å². The zero-order chi connectivity index (χ0) is 21.2. The van der Waals surface area contributed by atoms with Gasteiger partial charge >= 0.3 is 0 Å². The monoisotopic (exact) mass is 428 g/mol. The van der Waals surface area contributed by atoms with Crippen LogP contribution in [0.5, 0.6) is 0 Å². The molecule has 1 aliphatic heterocycles. The molecule has 0 bridgehead atoms. The van der Waals surface area contributed by atoms with Crippen molar-refractivity contribution in [2.24, 2.45) is 5.92 Å². The molecule has 0 saturated heterocycles. The van der Waals surface area contributed by atoms with Crippen molar-refractivity contribution in [1.29, 1.82) is 0 Å². The van der Waals surface area contributed by atoms with Gasteiger partial charge in [-0.2, -0.15) is 0 Å². The fraction of sp³-hybridized carbons (Fsp3) is 0.222. The summed E-state index contributed by atoms with van der Waals surface area (Å²) in [5.41, 5.74) is 5.63. The van der Waals surface area contributed by atoms with Crippen molar-refractivity contribution in [1.82, 2.24) is 0 Å². The number of halogens is 1. The third-order valence-electron chi connectivity index (χ3n) is 6.34. The van der Waals surface area contributed by atoms with Crippen LogP contribution in [-0.2, 0) is 11.2 Å². The number of allylic oxidation sites excluding steroid dienone is 2. The van der Waals surface area contributed by atoms with E-state index in [9.17, 15) is 4.79 Å². The number of carbonyl (C=O) groups is 1. The molecule has 0 aromatic heterocycles. The van der Waals surface area contributed by atoms with E-state index in [0.717, 1.165) is 29.2 Å². The molecule has 3 unspecified atom stereocenters. The van der Waals surface area contributed by atoms with E-state index in [1.165, 1.54) is 16.7 Å². The topological polar surface area (TPSA) is 41.1 Å². The van der Waals surface area contributed by atoms with E-state index >= 15 is 0 Å². The van der Waals surface area contributed by atoms with Crippen LogP contribution < -0.4 is 10.6 Å². The zero-order valence-electron chi connectivity index (χ0n) is 17.2. The van der Waals surface area contributed by atoms with E-state index in [-0.39, 0.29) is 11.9 Å². The van der Waals surface area contributed by atoms with E-state index in [4.69, 9.17) is 11.6 Å². The van der Waals surface area contributed by atoms with Gasteiger partial charge in [-0.25, -0.2) is 0 Å². The number of nitrogens with one attached hydrogen (secondary N) is 2. The highest BCUT2D eigenvalue weighted by molar-refractivity contribution is 6.30. The van der Waals surface area contributed by atoms with Gasteiger partial charge < -0.3 is 10.6 Å². The Kier molecular flexibility index (Phi) is 5.52. The summed E-state index contributed by atoms with van der Waals surface area (Å²) < 4.78 is 0. The van der Waals surface area contributed by atoms with Crippen LogP contribution in [0, 0.1) is 5.92 Å². The van der Waals surface area contributed by atoms with Gasteiger partial charge in [-0.05, 0) is 65.8 Å². The van der Waals surface area contributed by atoms with Gasteiger partial charge in [0.1, 0.15) is 0 Å². The molecule has 2 aliphatic rings. The maximum absolute atomic E-state index is 12.5. The van der Waals surface area contributed by atoms with Crippen LogP contribution in [0.3, 0.4) is 0 Å². The van der Waals surface area contributed by atoms with Crippen molar-refractivity contribution < 1.29 is 4.79 Å². The second-order valence-electron chi connectivity index (χ2n) is 8.37. The standard InChI is InChI=1S/C27H25ClN2O/c28-20-9-4-8-19(16-20)27-23-11-5-10-22(23)24-17-21(13-14-25(24)30-27)29-26(31)15-12-18-6-2-1-3-7-18/h1-10,13-14,16-17,22-23,27,30H,11-12,15H2,(H,29,31). The molecule has 0 saturated carbocycles. The molecule has 1 amide bonds. The quantitative estimate of drug-likeness (QED) is 0.442. The molecule has 0 fully saturated rings. The molecule has 1 aliphatic carbocycles. The Bertz CT molecular complexity index is 1130. The third kappa shape index (κ3) is 4.24. The molecule has 1 heterocycles. The number of aryl methyl sites for hydroxylation is 1. The molecule has 3 atom stereocenters. The van der Waals surface area contributed by atoms with Crippen LogP contribution in [0.15, 0.2) is 84.9 Å². The number of hydrogen-bond acceptors (Lipinski definition) is 2. The molecule has 0 spiro atoms. The lowest BCUT2D eigenvalue weighted by atomic mass is 9.77. The van der Waals surface area contributed by atoms with Gasteiger partial charge in [0, 0.05) is 28.7 Å². The minimum Gasteiger partial charge on any atom is -0.378 e. The van der Waals surface area contributed by atoms with Gasteiger partial charge in [0.15, 0.2) is 0 Å². The molecule has 3 nitrogen and oxygen atoms in total. The summed E-state index contributed by atoms with van der Waals surface area (Å²) in [5, 5.41) is 7.58. The predicted molar refractivity (Wildman–Crippen MR) is 128 cm³/mol. The summed E-state index contributed by atoms with van der Waals surface area (Å²) in [5.74, 6) is 0.819. The number of benzene rings is 3. The van der Waals surface area contributed by atoms with E-state index in [1.807, 2.05) is 36.4 Å². The van der Waals surface area contributed by atoms with Crippen LogP contribution in [0.2, 0.25) is 5.02 Å². The maximum Gasteiger partial charge on any atom is 0.224 e. The Morgan fingerprint density at radius 3 is 2.74 bits per heavy atom. The van der Waals surface area contributed by atoms with Gasteiger partial charge in [0.25, 0.3) is 0 Å². The fourth-order valence-corrected chi connectivity index (χ4v) is 5.03. The lowest BCUT2D eigenvalue weighted by Gasteiger charge is -2.37. The van der Waals surface area contributed by atoms with Crippen LogP contribution in [0.4, 0.5) is 11.4 Å². The Morgan fingerprint density at radius 2 is 1.90 bits per heavy atom. The lowest BCUT2D eigenvalue weighted by Crippen LogP contribution is -2.29. The van der Waals surface area contributed by atoms with E-state index in [0.29, 0.717) is 18.3 Å². The molecule has 5 rings (SSSR count). The maximum atomic E-state index is 12.5. The number of carbonyl (C=O) groups excluding carboxylic acids is 1. The van der Waals surface area contributed by atoms with E-state index in [1.54, 1.807) is 0 Å². The SMILES string of the molecule is O=C(CCc1ccccc1)Nc1ccc2c(c1)C1C=CCC1C(c1cccc(Cl)c1)N2. The third-order valence-corrected chi connectivity index (χ3v) is 6.57. The summed E-state index contributed by atoms with van der Waals surface area (Å²) in [7, 11) is 0. The first-order valence-corrected chi connectivity index (χ1v) is 11.2. The Hall–Kier alpha value is -3.04. The molecule has 31 heavy (non-hydrogen) atoms. The highest BCUT2D eigenvalue weighted by Crippen LogP contribution is 2.50. The van der Waals surface area contributed by atoms with E-state index in [2.05, 4.69) is 59.2 Å². The summed E-state index contributed by atoms with van der Waals surface area (Å²) in [6.45, 7) is 0. The largest absolute Gasteiger partial charge is 0.378 e. The first-order valence-electron chi connectivity index (χ1n) is 10.8. The number of amides is 1. The Morgan fingerprint density at radius 1 is 1.03 bits per heavy atom. The average molecular weight is 429 g/mol. The second kappa shape index (κ2) is 8.60. The summed E-state index contributed by atoms with van der Waals surface area (Å²) in [6.07, 6.45) is 6.83. The van der Waals surface area contributed by atoms with Crippen LogP contribution >= 0.6 is 11.6 Å². The number of hydrogen-bond donors (Lipinski definition) is 2. The minimum absolute atomic E-state index is 0.0443. The van der Waals surface area contributed by atoms with Crippen LogP contribution in [0.1, 0.15) is 41.5 Å². The van der Waals surface area contributed by atoms with Crippen molar-refractivity contribution in [2.75, 3.05) is 10.6 Å². The smallest absolute Gasteiger partial charge is 0.224 e. The summed E-state index contributed by atoms with van der Waals surface area (Å²) in [4.78, 5) is 12.5. The Balaban J connectivity index is 1.33. The number of rotatable bonds is 5. The molecule has 2 N–H and O–H groups in total. The van der Waals surface area contributed by atoms with Crippen LogP contribution in [0.25, 0.3) is 0 Å². The zero-order valence-corrected chi connectivity index (χ0v) is 18.0. The van der Waals surface area contributed by atoms with Gasteiger partial charge in [-0.1, -0.05) is 66.2 Å². The summed E-state index contributed by atoms with van der Waals surface area (Å²) in [6, 6.07) is 24.7. The number of anilines is 2. The summed E-state index contributed by atoms with van der Waals surface area (Å²) >= 11 is 6.26. The highest BCUT2D eigenvalue weighted by Gasteiger charge is 2.38. The van der Waals surface area contributed by atoms with Crippen molar-refractivity contribution in [3.8, 4) is 0 Å². The highest BCUT2D eigenvalue weighted by atomic mass is 35.5. The molecule has 3 aromatic rings. The number of fused-ring (bicyclic) bond motifs is 3. The molecule has 0 radical (unpaired) electrons. The first kappa shape index (κ1) is 19.9. The average Bonchev–Trinajstić information content (AvgIpc) is 3.28. The lowest BCUT2D eigenvalue weighted by molar-refractivity contribution is -0.116. The van der Waals surface area contributed by atoms with Gasteiger partial charge in [-0.3, -0.25) is 4.79 Å². The predicted octanol–water partition coefficient (Wildman–Crippen LogP) is 6.74. The van der Waals surface area contributed by atoms with Gasteiger partial charge in [0.05, 0.1) is 6.04 Å². The normalized spacial score (nSPS) is 21.1. The second-order valence-corrected chi connectivity index (χ2v) is 8.80. The van der Waals surface area contributed by atoms with E-state index < -0.39 is 0 Å². The van der Waals surface area contributed by atoms with Crippen LogP contribution in [-0.4, -0.2) is 5.91 Å². The molecule has 156 valence electrons. The molecular formula is C27H25ClN2O. The van der Waals surface area contributed by atoms with Crippen molar-refractivity contribution in [3.63, 3.8) is 0 Å². The van der Waals surface area contributed by atoms with Gasteiger partial charge in [-0.15, -0.1) is 0 Å². The van der Waals surface area contributed by atoms with Crippen molar-refractivity contribution in [2.45, 2.75) is 31.2 Å². The van der Waals surface area contributed by atoms with Crippen molar-refractivity contribution in [3.05, 3.63) is 107 Å². The first-order chi connectivity index (χ1) is 15.2.